The summed E-state index contributed by atoms with van der Waals surface area (Å²) in [5.41, 5.74) is 3.24. The van der Waals surface area contributed by atoms with E-state index >= 15 is 0 Å². The Bertz CT molecular complexity index is 2130. The Labute approximate surface area is 267 Å². The minimum absolute atomic E-state index is 0.0228. The molecule has 5 aromatic rings. The molecule has 2 fully saturated rings. The van der Waals surface area contributed by atoms with Gasteiger partial charge in [0, 0.05) is 36.1 Å². The number of aromatic nitrogens is 1. The average molecular weight is 657 g/mol. The zero-order chi connectivity index (χ0) is 32.1. The van der Waals surface area contributed by atoms with Crippen molar-refractivity contribution in [1.82, 2.24) is 9.63 Å². The maximum absolute atomic E-state index is 14.6. The molecule has 2 bridgehead atoms. The Morgan fingerprint density at radius 3 is 2.07 bits per heavy atom. The molecule has 4 aromatic carbocycles. The van der Waals surface area contributed by atoms with E-state index in [2.05, 4.69) is 4.57 Å². The van der Waals surface area contributed by atoms with Crippen molar-refractivity contribution in [2.75, 3.05) is 13.7 Å². The van der Waals surface area contributed by atoms with Crippen molar-refractivity contribution in [1.29, 1.82) is 0 Å². The van der Waals surface area contributed by atoms with Crippen LogP contribution < -0.4 is 0 Å². The van der Waals surface area contributed by atoms with Gasteiger partial charge >= 0.3 is 5.97 Å². The lowest BCUT2D eigenvalue weighted by Gasteiger charge is -2.33. The topological polar surface area (TPSA) is 112 Å². The van der Waals surface area contributed by atoms with E-state index in [4.69, 9.17) is 9.57 Å². The molecule has 11 heteroatoms. The molecular formula is C35H32N2O7S2. The second kappa shape index (κ2) is 11.5. The van der Waals surface area contributed by atoms with Crippen LogP contribution in [0.2, 0.25) is 0 Å². The smallest absolute Gasteiger partial charge is 0.310 e. The number of piperidine rings is 1. The standard InChI is InChI=1S/C35H32N2O7S2/c1-43-33(38)21-29-28-19-11-12-20-30(28)36(23-25-13-5-2-6-14-25)34(29)31-22-35(46(41,42)27-17-9-4-10-18-27)32(24-37(31)44-35)45(39,40)26-15-7-3-8-16-26/h2-20,31-32H,21-24H2,1H3/t31-,32-,35+/m0/s1. The summed E-state index contributed by atoms with van der Waals surface area (Å²) in [7, 11) is -7.21. The highest BCUT2D eigenvalue weighted by atomic mass is 32.2. The molecule has 0 amide bonds. The molecule has 1 aromatic heterocycles. The molecule has 236 valence electrons. The summed E-state index contributed by atoms with van der Waals surface area (Å²) in [6.07, 6.45) is -0.219. The molecule has 46 heavy (non-hydrogen) atoms. The van der Waals surface area contributed by atoms with Crippen molar-refractivity contribution >= 4 is 36.5 Å². The predicted molar refractivity (Wildman–Crippen MR) is 172 cm³/mol. The zero-order valence-corrected chi connectivity index (χ0v) is 26.7. The van der Waals surface area contributed by atoms with E-state index < -0.39 is 41.9 Å². The van der Waals surface area contributed by atoms with Crippen LogP contribution in [-0.2, 0) is 47.0 Å². The molecule has 0 saturated carbocycles. The number of rotatable bonds is 9. The van der Waals surface area contributed by atoms with E-state index in [1.54, 1.807) is 36.4 Å². The SMILES string of the molecule is COC(=O)Cc1c([C@@H]2C[C@]3(S(=O)(=O)c4ccccc4)ON2C[C@@H]3S(=O)(=O)c2ccccc2)n(Cc2ccccc2)c2ccccc12. The molecule has 0 N–H and O–H groups in total. The molecule has 0 radical (unpaired) electrons. The largest absolute Gasteiger partial charge is 0.469 e. The minimum Gasteiger partial charge on any atom is -0.469 e. The van der Waals surface area contributed by atoms with Crippen LogP contribution in [0.3, 0.4) is 0 Å². The lowest BCUT2D eigenvalue weighted by Crippen LogP contribution is -2.52. The van der Waals surface area contributed by atoms with Gasteiger partial charge in [0.1, 0.15) is 5.25 Å². The maximum atomic E-state index is 14.6. The molecule has 2 saturated heterocycles. The lowest BCUT2D eigenvalue weighted by molar-refractivity contribution is -0.139. The van der Waals surface area contributed by atoms with Gasteiger partial charge in [-0.3, -0.25) is 9.63 Å². The van der Waals surface area contributed by atoms with Crippen LogP contribution in [-0.4, -0.2) is 56.3 Å². The summed E-state index contributed by atoms with van der Waals surface area (Å²) >= 11 is 0. The van der Waals surface area contributed by atoms with Crippen LogP contribution in [0.5, 0.6) is 0 Å². The van der Waals surface area contributed by atoms with Crippen molar-refractivity contribution in [3.63, 3.8) is 0 Å². The molecule has 1 unspecified atom stereocenters. The third kappa shape index (κ3) is 4.77. The number of carbonyl (C=O) groups excluding carboxylic acids is 1. The first-order valence-electron chi connectivity index (χ1n) is 14.9. The van der Waals surface area contributed by atoms with Crippen molar-refractivity contribution < 1.29 is 31.2 Å². The summed E-state index contributed by atoms with van der Waals surface area (Å²) in [5, 5.41) is 0.929. The number of hydrogen-bond donors (Lipinski definition) is 0. The van der Waals surface area contributed by atoms with Gasteiger partial charge in [-0.15, -0.1) is 0 Å². The Hall–Kier alpha value is -4.29. The Kier molecular flexibility index (Phi) is 7.59. The molecule has 0 spiro atoms. The Balaban J connectivity index is 1.43. The highest BCUT2D eigenvalue weighted by Gasteiger charge is 2.70. The van der Waals surface area contributed by atoms with Crippen molar-refractivity contribution in [3.05, 3.63) is 132 Å². The number of hydroxylamine groups is 2. The molecule has 9 nitrogen and oxygen atoms in total. The first-order chi connectivity index (χ1) is 22.2. The molecule has 2 aliphatic heterocycles. The number of benzene rings is 4. The summed E-state index contributed by atoms with van der Waals surface area (Å²) < 4.78 is 64.9. The van der Waals surface area contributed by atoms with Gasteiger partial charge in [-0.2, -0.15) is 5.06 Å². The summed E-state index contributed by atoms with van der Waals surface area (Å²) in [5.74, 6) is -0.445. The van der Waals surface area contributed by atoms with Crippen molar-refractivity contribution in [3.8, 4) is 0 Å². The fourth-order valence-electron chi connectivity index (χ4n) is 6.92. The van der Waals surface area contributed by atoms with Gasteiger partial charge < -0.3 is 9.30 Å². The van der Waals surface area contributed by atoms with Gasteiger partial charge in [0.15, 0.2) is 9.84 Å². The second-order valence-electron chi connectivity index (χ2n) is 11.6. The van der Waals surface area contributed by atoms with Crippen LogP contribution in [0.1, 0.15) is 29.3 Å². The van der Waals surface area contributed by atoms with Gasteiger partial charge in [0.2, 0.25) is 14.8 Å². The number of esters is 1. The molecule has 7 rings (SSSR count). The van der Waals surface area contributed by atoms with Crippen molar-refractivity contribution in [2.45, 2.75) is 45.4 Å². The van der Waals surface area contributed by atoms with Crippen LogP contribution >= 0.6 is 0 Å². The van der Waals surface area contributed by atoms with E-state index in [0.717, 1.165) is 16.5 Å². The fourth-order valence-corrected chi connectivity index (χ4v) is 11.4. The molecule has 4 atom stereocenters. The van der Waals surface area contributed by atoms with E-state index in [1.807, 2.05) is 54.6 Å². The van der Waals surface area contributed by atoms with Crippen LogP contribution in [0.25, 0.3) is 10.9 Å². The van der Waals surface area contributed by atoms with Gasteiger partial charge in [-0.25, -0.2) is 16.8 Å². The molecular weight excluding hydrogens is 625 g/mol. The fraction of sp³-hybridized carbons (Fsp3) is 0.229. The second-order valence-corrected chi connectivity index (χ2v) is 15.9. The highest BCUT2D eigenvalue weighted by molar-refractivity contribution is 7.96. The van der Waals surface area contributed by atoms with E-state index in [-0.39, 0.29) is 29.2 Å². The summed E-state index contributed by atoms with van der Waals surface area (Å²) in [4.78, 5) is 17.1. The predicted octanol–water partition coefficient (Wildman–Crippen LogP) is 5.11. The zero-order valence-electron chi connectivity index (χ0n) is 25.0. The average Bonchev–Trinajstić information content (AvgIpc) is 3.76. The van der Waals surface area contributed by atoms with E-state index in [1.165, 1.54) is 36.4 Å². The monoisotopic (exact) mass is 656 g/mol. The van der Waals surface area contributed by atoms with Gasteiger partial charge in [-0.1, -0.05) is 84.9 Å². The van der Waals surface area contributed by atoms with Crippen LogP contribution in [0.15, 0.2) is 125 Å². The first-order valence-corrected chi connectivity index (χ1v) is 18.0. The van der Waals surface area contributed by atoms with E-state index in [9.17, 15) is 21.6 Å². The number of nitrogens with zero attached hydrogens (tertiary/aromatic N) is 2. The Morgan fingerprint density at radius 1 is 0.826 bits per heavy atom. The lowest BCUT2D eigenvalue weighted by atomic mass is 9.95. The maximum Gasteiger partial charge on any atom is 0.310 e. The van der Waals surface area contributed by atoms with Gasteiger partial charge in [0.25, 0.3) is 0 Å². The van der Waals surface area contributed by atoms with Crippen LogP contribution in [0, 0.1) is 0 Å². The number of fused-ring (bicyclic) bond motifs is 3. The normalized spacial score (nSPS) is 22.7. The van der Waals surface area contributed by atoms with E-state index in [0.29, 0.717) is 17.8 Å². The third-order valence-electron chi connectivity index (χ3n) is 9.06. The number of methoxy groups -OCH3 is 1. The molecule has 3 heterocycles. The quantitative estimate of drug-likeness (QED) is 0.201. The number of para-hydroxylation sites is 1. The minimum atomic E-state index is -4.38. The van der Waals surface area contributed by atoms with Gasteiger partial charge in [0.05, 0.1) is 29.4 Å². The number of hydrogen-bond acceptors (Lipinski definition) is 8. The summed E-state index contributed by atoms with van der Waals surface area (Å²) in [6, 6.07) is 32.6. The number of ether oxygens (including phenoxy) is 1. The highest BCUT2D eigenvalue weighted by Crippen LogP contribution is 2.56. The Morgan fingerprint density at radius 2 is 1.41 bits per heavy atom. The molecule has 0 aliphatic carbocycles. The molecule has 2 aliphatic rings. The number of sulfone groups is 2. The number of carbonyl (C=O) groups is 1. The van der Waals surface area contributed by atoms with Crippen LogP contribution in [0.4, 0.5) is 0 Å². The van der Waals surface area contributed by atoms with Gasteiger partial charge in [-0.05, 0) is 41.5 Å². The van der Waals surface area contributed by atoms with Crippen molar-refractivity contribution in [2.24, 2.45) is 0 Å². The third-order valence-corrected chi connectivity index (χ3v) is 13.7. The summed E-state index contributed by atoms with van der Waals surface area (Å²) in [6.45, 7) is 0.255. The first kappa shape index (κ1) is 30.4.